The minimum atomic E-state index is 0.738. The highest BCUT2D eigenvalue weighted by Crippen LogP contribution is 2.24. The van der Waals surface area contributed by atoms with Crippen LogP contribution < -0.4 is 4.90 Å². The molecule has 0 aliphatic heterocycles. The third-order valence-corrected chi connectivity index (χ3v) is 4.55. The molecular formula is C20H23N7. The summed E-state index contributed by atoms with van der Waals surface area (Å²) in [5.74, 6) is 1.78. The van der Waals surface area contributed by atoms with Crippen LogP contribution in [0.4, 0.5) is 5.82 Å². The van der Waals surface area contributed by atoms with Gasteiger partial charge in [-0.2, -0.15) is 10.2 Å². The molecule has 0 unspecified atom stereocenters. The molecule has 0 amide bonds. The normalized spacial score (nSPS) is 11.2. The van der Waals surface area contributed by atoms with Crippen LogP contribution in [-0.4, -0.2) is 36.6 Å². The predicted molar refractivity (Wildman–Crippen MR) is 106 cm³/mol. The number of benzene rings is 1. The van der Waals surface area contributed by atoms with Gasteiger partial charge in [-0.25, -0.2) is 14.6 Å². The Hall–Kier alpha value is -3.22. The van der Waals surface area contributed by atoms with E-state index in [1.807, 2.05) is 34.9 Å². The van der Waals surface area contributed by atoms with Crippen LogP contribution in [0.2, 0.25) is 0 Å². The van der Waals surface area contributed by atoms with E-state index in [0.29, 0.717) is 0 Å². The summed E-state index contributed by atoms with van der Waals surface area (Å²) in [5, 5.41) is 9.66. The Kier molecular flexibility index (Phi) is 4.58. The predicted octanol–water partition coefficient (Wildman–Crippen LogP) is 3.14. The number of hydrogen-bond acceptors (Lipinski definition) is 5. The lowest BCUT2D eigenvalue weighted by Gasteiger charge is -2.20. The van der Waals surface area contributed by atoms with Crippen molar-refractivity contribution in [2.24, 2.45) is 7.05 Å². The molecule has 27 heavy (non-hydrogen) atoms. The van der Waals surface area contributed by atoms with Crippen molar-refractivity contribution in [2.45, 2.75) is 26.3 Å². The number of anilines is 1. The van der Waals surface area contributed by atoms with Gasteiger partial charge in [-0.15, -0.1) is 0 Å². The zero-order valence-electron chi connectivity index (χ0n) is 15.9. The van der Waals surface area contributed by atoms with E-state index in [1.54, 1.807) is 6.20 Å². The van der Waals surface area contributed by atoms with Crippen molar-refractivity contribution in [3.63, 3.8) is 0 Å². The van der Waals surface area contributed by atoms with E-state index >= 15 is 0 Å². The number of fused-ring (bicyclic) bond motifs is 1. The Morgan fingerprint density at radius 1 is 1.11 bits per heavy atom. The van der Waals surface area contributed by atoms with Gasteiger partial charge in [-0.05, 0) is 30.2 Å². The summed E-state index contributed by atoms with van der Waals surface area (Å²) in [5.41, 5.74) is 3.12. The maximum Gasteiger partial charge on any atom is 0.163 e. The van der Waals surface area contributed by atoms with Gasteiger partial charge >= 0.3 is 0 Å². The largest absolute Gasteiger partial charge is 0.355 e. The van der Waals surface area contributed by atoms with Gasteiger partial charge in [0.05, 0.1) is 17.3 Å². The highest BCUT2D eigenvalue weighted by molar-refractivity contribution is 5.86. The topological polar surface area (TPSA) is 64.7 Å². The third-order valence-electron chi connectivity index (χ3n) is 4.55. The van der Waals surface area contributed by atoms with Crippen molar-refractivity contribution >= 4 is 16.9 Å². The van der Waals surface area contributed by atoms with Crippen molar-refractivity contribution in [3.8, 4) is 5.69 Å². The van der Waals surface area contributed by atoms with Crippen molar-refractivity contribution in [3.05, 3.63) is 60.3 Å². The Bertz CT molecular complexity index is 1050. The first-order valence-corrected chi connectivity index (χ1v) is 9.14. The second-order valence-electron chi connectivity index (χ2n) is 6.70. The molecule has 0 bridgehead atoms. The highest BCUT2D eigenvalue weighted by Gasteiger charge is 2.15. The van der Waals surface area contributed by atoms with Crippen LogP contribution in [0.25, 0.3) is 16.7 Å². The molecule has 0 N–H and O–H groups in total. The third kappa shape index (κ3) is 3.40. The van der Waals surface area contributed by atoms with Crippen LogP contribution in [0.3, 0.4) is 0 Å². The zero-order valence-corrected chi connectivity index (χ0v) is 15.9. The number of aryl methyl sites for hydroxylation is 2. The van der Waals surface area contributed by atoms with E-state index in [1.165, 1.54) is 5.56 Å². The van der Waals surface area contributed by atoms with Gasteiger partial charge in [0.2, 0.25) is 0 Å². The molecule has 0 atom stereocenters. The molecule has 7 heteroatoms. The maximum atomic E-state index is 4.82. The van der Waals surface area contributed by atoms with Gasteiger partial charge < -0.3 is 4.90 Å². The number of rotatable bonds is 6. The SMILES string of the molecule is CCCc1nc(N(C)Cc2cccc(-n3cccn3)c2)c2cnn(C)c2n1. The fourth-order valence-corrected chi connectivity index (χ4v) is 3.25. The second kappa shape index (κ2) is 7.19. The average Bonchev–Trinajstić information content (AvgIpc) is 3.32. The van der Waals surface area contributed by atoms with E-state index in [-0.39, 0.29) is 0 Å². The molecule has 1 aromatic carbocycles. The van der Waals surface area contributed by atoms with Crippen molar-refractivity contribution in [2.75, 3.05) is 11.9 Å². The summed E-state index contributed by atoms with van der Waals surface area (Å²) in [6.07, 6.45) is 7.45. The summed E-state index contributed by atoms with van der Waals surface area (Å²) < 4.78 is 3.68. The van der Waals surface area contributed by atoms with E-state index < -0.39 is 0 Å². The van der Waals surface area contributed by atoms with Crippen molar-refractivity contribution in [1.82, 2.24) is 29.5 Å². The van der Waals surface area contributed by atoms with Crippen LogP contribution in [0, 0.1) is 0 Å². The van der Waals surface area contributed by atoms with Gasteiger partial charge in [-0.3, -0.25) is 4.68 Å². The number of hydrogen-bond donors (Lipinski definition) is 0. The monoisotopic (exact) mass is 361 g/mol. The zero-order chi connectivity index (χ0) is 18.8. The Morgan fingerprint density at radius 3 is 2.78 bits per heavy atom. The first-order chi connectivity index (χ1) is 13.2. The van der Waals surface area contributed by atoms with Crippen LogP contribution in [0.5, 0.6) is 0 Å². The minimum absolute atomic E-state index is 0.738. The smallest absolute Gasteiger partial charge is 0.163 e. The first-order valence-electron chi connectivity index (χ1n) is 9.14. The molecule has 0 radical (unpaired) electrons. The van der Waals surface area contributed by atoms with Gasteiger partial charge in [0.25, 0.3) is 0 Å². The van der Waals surface area contributed by atoms with Crippen LogP contribution in [-0.2, 0) is 20.0 Å². The summed E-state index contributed by atoms with van der Waals surface area (Å²) in [6.45, 7) is 2.88. The summed E-state index contributed by atoms with van der Waals surface area (Å²) in [7, 11) is 3.98. The number of aromatic nitrogens is 6. The molecule has 0 saturated carbocycles. The van der Waals surface area contributed by atoms with E-state index in [4.69, 9.17) is 4.98 Å². The molecule has 4 rings (SSSR count). The Labute approximate surface area is 158 Å². The van der Waals surface area contributed by atoms with Gasteiger partial charge in [-0.1, -0.05) is 19.1 Å². The van der Waals surface area contributed by atoms with Crippen LogP contribution in [0.1, 0.15) is 24.7 Å². The molecule has 138 valence electrons. The van der Waals surface area contributed by atoms with E-state index in [9.17, 15) is 0 Å². The minimum Gasteiger partial charge on any atom is -0.355 e. The summed E-state index contributed by atoms with van der Waals surface area (Å²) in [4.78, 5) is 11.6. The summed E-state index contributed by atoms with van der Waals surface area (Å²) >= 11 is 0. The second-order valence-corrected chi connectivity index (χ2v) is 6.70. The van der Waals surface area contributed by atoms with E-state index in [0.717, 1.165) is 47.7 Å². The van der Waals surface area contributed by atoms with Crippen molar-refractivity contribution in [1.29, 1.82) is 0 Å². The molecule has 4 aromatic rings. The van der Waals surface area contributed by atoms with Crippen LogP contribution >= 0.6 is 0 Å². The molecule has 0 aliphatic carbocycles. The molecule has 3 heterocycles. The lowest BCUT2D eigenvalue weighted by atomic mass is 10.2. The van der Waals surface area contributed by atoms with Gasteiger partial charge in [0.15, 0.2) is 5.65 Å². The number of nitrogens with zero attached hydrogens (tertiary/aromatic N) is 7. The molecule has 0 aliphatic rings. The molecule has 7 nitrogen and oxygen atoms in total. The molecule has 3 aromatic heterocycles. The molecule has 0 saturated heterocycles. The standard InChI is InChI=1S/C20H23N7/c1-4-7-18-23-19(17-13-22-26(3)20(17)24-18)25(2)14-15-8-5-9-16(12-15)27-11-6-10-21-27/h5-6,8-13H,4,7,14H2,1-3H3. The van der Waals surface area contributed by atoms with E-state index in [2.05, 4.69) is 58.3 Å². The fourth-order valence-electron chi connectivity index (χ4n) is 3.25. The summed E-state index contributed by atoms with van der Waals surface area (Å²) in [6, 6.07) is 10.3. The lowest BCUT2D eigenvalue weighted by molar-refractivity contribution is 0.769. The van der Waals surface area contributed by atoms with Crippen LogP contribution in [0.15, 0.2) is 48.9 Å². The molecule has 0 spiro atoms. The Balaban J connectivity index is 1.67. The first kappa shape index (κ1) is 17.2. The van der Waals surface area contributed by atoms with Gasteiger partial charge in [0.1, 0.15) is 11.6 Å². The van der Waals surface area contributed by atoms with Crippen molar-refractivity contribution < 1.29 is 0 Å². The lowest BCUT2D eigenvalue weighted by Crippen LogP contribution is -2.19. The van der Waals surface area contributed by atoms with Gasteiger partial charge in [0, 0.05) is 39.5 Å². The molecule has 0 fully saturated rings. The highest BCUT2D eigenvalue weighted by atomic mass is 15.3. The maximum absolute atomic E-state index is 4.82. The Morgan fingerprint density at radius 2 is 2.00 bits per heavy atom. The quantitative estimate of drug-likeness (QED) is 0.528. The molecular weight excluding hydrogens is 338 g/mol. The average molecular weight is 361 g/mol. The fraction of sp³-hybridized carbons (Fsp3) is 0.300.